The van der Waals surface area contributed by atoms with E-state index in [0.29, 0.717) is 0 Å². The van der Waals surface area contributed by atoms with Gasteiger partial charge >= 0.3 is 0 Å². The Hall–Kier alpha value is -1.14. The van der Waals surface area contributed by atoms with Crippen LogP contribution in [0.3, 0.4) is 0 Å². The van der Waals surface area contributed by atoms with Crippen LogP contribution in [0, 0.1) is 11.2 Å². The van der Waals surface area contributed by atoms with Gasteiger partial charge in [-0.1, -0.05) is 20.8 Å². The fourth-order valence-corrected chi connectivity index (χ4v) is 2.51. The molecule has 6 heteroatoms. The van der Waals surface area contributed by atoms with Crippen molar-refractivity contribution >= 4 is 15.7 Å². The second-order valence-electron chi connectivity index (χ2n) is 5.08. The van der Waals surface area contributed by atoms with Crippen LogP contribution in [-0.2, 0) is 10.0 Å². The van der Waals surface area contributed by atoms with E-state index in [9.17, 15) is 12.8 Å². The van der Waals surface area contributed by atoms with Crippen molar-refractivity contribution in [1.82, 2.24) is 4.72 Å². The van der Waals surface area contributed by atoms with Crippen LogP contribution in [0.1, 0.15) is 20.8 Å². The number of nitrogens with one attached hydrogen (secondary N) is 1. The van der Waals surface area contributed by atoms with Gasteiger partial charge in [-0.2, -0.15) is 0 Å². The first-order chi connectivity index (χ1) is 7.62. The molecule has 1 aromatic rings. The molecule has 0 saturated heterocycles. The number of benzene rings is 1. The quantitative estimate of drug-likeness (QED) is 0.813. The van der Waals surface area contributed by atoms with Crippen LogP contribution in [0.2, 0.25) is 0 Å². The topological polar surface area (TPSA) is 72.2 Å². The highest BCUT2D eigenvalue weighted by molar-refractivity contribution is 7.89. The van der Waals surface area contributed by atoms with Crippen molar-refractivity contribution in [2.75, 3.05) is 12.3 Å². The lowest BCUT2D eigenvalue weighted by molar-refractivity contribution is 0.407. The zero-order valence-corrected chi connectivity index (χ0v) is 10.9. The van der Waals surface area contributed by atoms with Crippen molar-refractivity contribution < 1.29 is 12.8 Å². The molecule has 3 N–H and O–H groups in total. The van der Waals surface area contributed by atoms with Crippen molar-refractivity contribution in [3.05, 3.63) is 24.0 Å². The van der Waals surface area contributed by atoms with E-state index in [4.69, 9.17) is 5.73 Å². The summed E-state index contributed by atoms with van der Waals surface area (Å²) >= 11 is 0. The molecule has 0 aromatic heterocycles. The molecule has 0 spiro atoms. The number of hydrogen-bond acceptors (Lipinski definition) is 3. The van der Waals surface area contributed by atoms with Gasteiger partial charge in [-0.3, -0.25) is 0 Å². The van der Waals surface area contributed by atoms with Crippen LogP contribution >= 0.6 is 0 Å². The number of nitrogens with two attached hydrogens (primary N) is 1. The molecule has 0 aliphatic rings. The van der Waals surface area contributed by atoms with E-state index in [-0.39, 0.29) is 17.6 Å². The highest BCUT2D eigenvalue weighted by atomic mass is 32.2. The molecule has 0 radical (unpaired) electrons. The Bertz CT molecular complexity index is 507. The maximum atomic E-state index is 13.4. The number of sulfonamides is 1. The monoisotopic (exact) mass is 260 g/mol. The van der Waals surface area contributed by atoms with Crippen molar-refractivity contribution in [3.63, 3.8) is 0 Å². The number of halogens is 1. The van der Waals surface area contributed by atoms with E-state index in [1.165, 1.54) is 6.07 Å². The number of hydrogen-bond donors (Lipinski definition) is 2. The molecule has 0 unspecified atom stereocenters. The Morgan fingerprint density at radius 3 is 2.47 bits per heavy atom. The van der Waals surface area contributed by atoms with Gasteiger partial charge in [0.05, 0.1) is 0 Å². The Kier molecular flexibility index (Phi) is 3.78. The molecule has 0 fully saturated rings. The average molecular weight is 260 g/mol. The van der Waals surface area contributed by atoms with Crippen LogP contribution in [0.15, 0.2) is 23.1 Å². The normalized spacial score (nSPS) is 12.7. The maximum absolute atomic E-state index is 13.4. The molecule has 0 saturated carbocycles. The molecule has 0 atom stereocenters. The molecule has 17 heavy (non-hydrogen) atoms. The molecule has 0 heterocycles. The second-order valence-corrected chi connectivity index (χ2v) is 6.81. The van der Waals surface area contributed by atoms with Crippen LogP contribution in [0.5, 0.6) is 0 Å². The predicted octanol–water partition coefficient (Wildman–Crippen LogP) is 1.73. The highest BCUT2D eigenvalue weighted by Crippen LogP contribution is 2.19. The summed E-state index contributed by atoms with van der Waals surface area (Å²) in [6.07, 6.45) is 0. The zero-order chi connectivity index (χ0) is 13.3. The summed E-state index contributed by atoms with van der Waals surface area (Å²) in [6, 6.07) is 3.47. The molecule has 1 rings (SSSR count). The SMILES string of the molecule is CC(C)(C)CNS(=O)(=O)c1cc(N)ccc1F. The lowest BCUT2D eigenvalue weighted by Gasteiger charge is -2.19. The van der Waals surface area contributed by atoms with Gasteiger partial charge < -0.3 is 5.73 Å². The minimum absolute atomic E-state index is 0.211. The van der Waals surface area contributed by atoms with Crippen LogP contribution in [0.25, 0.3) is 0 Å². The molecular weight excluding hydrogens is 243 g/mol. The second kappa shape index (κ2) is 4.62. The van der Waals surface area contributed by atoms with Gasteiger partial charge in [-0.05, 0) is 23.6 Å². The van der Waals surface area contributed by atoms with E-state index in [1.807, 2.05) is 20.8 Å². The fraction of sp³-hybridized carbons (Fsp3) is 0.455. The summed E-state index contributed by atoms with van der Waals surface area (Å²) in [5.41, 5.74) is 5.44. The summed E-state index contributed by atoms with van der Waals surface area (Å²) < 4.78 is 39.5. The lowest BCUT2D eigenvalue weighted by Crippen LogP contribution is -2.32. The number of rotatable bonds is 3. The third-order valence-electron chi connectivity index (χ3n) is 2.04. The average Bonchev–Trinajstić information content (AvgIpc) is 2.18. The Morgan fingerprint density at radius 1 is 1.35 bits per heavy atom. The minimum Gasteiger partial charge on any atom is -0.399 e. The first-order valence-electron chi connectivity index (χ1n) is 5.16. The molecule has 4 nitrogen and oxygen atoms in total. The van der Waals surface area contributed by atoms with E-state index in [2.05, 4.69) is 4.72 Å². The van der Waals surface area contributed by atoms with Crippen molar-refractivity contribution in [2.24, 2.45) is 5.41 Å². The minimum atomic E-state index is -3.85. The van der Waals surface area contributed by atoms with Crippen LogP contribution in [-0.4, -0.2) is 15.0 Å². The van der Waals surface area contributed by atoms with Gasteiger partial charge in [0, 0.05) is 12.2 Å². The molecule has 0 bridgehead atoms. The summed E-state index contributed by atoms with van der Waals surface area (Å²) in [6.45, 7) is 5.87. The Morgan fingerprint density at radius 2 is 1.94 bits per heavy atom. The van der Waals surface area contributed by atoms with Crippen molar-refractivity contribution in [3.8, 4) is 0 Å². The molecule has 0 aliphatic carbocycles. The van der Waals surface area contributed by atoms with Gasteiger partial charge in [0.25, 0.3) is 0 Å². The van der Waals surface area contributed by atoms with E-state index < -0.39 is 20.7 Å². The molecule has 96 valence electrons. The van der Waals surface area contributed by atoms with Gasteiger partial charge in [-0.25, -0.2) is 17.5 Å². The first kappa shape index (κ1) is 13.9. The van der Waals surface area contributed by atoms with E-state index >= 15 is 0 Å². The molecule has 1 aromatic carbocycles. The summed E-state index contributed by atoms with van der Waals surface area (Å²) in [5.74, 6) is -0.805. The molecule has 0 aliphatic heterocycles. The zero-order valence-electron chi connectivity index (χ0n) is 10.1. The number of nitrogen functional groups attached to an aromatic ring is 1. The summed E-state index contributed by atoms with van der Waals surface area (Å²) in [7, 11) is -3.85. The van der Waals surface area contributed by atoms with Gasteiger partial charge in [0.1, 0.15) is 10.7 Å². The van der Waals surface area contributed by atoms with E-state index in [0.717, 1.165) is 12.1 Å². The van der Waals surface area contributed by atoms with Crippen molar-refractivity contribution in [2.45, 2.75) is 25.7 Å². The molecule has 0 amide bonds. The predicted molar refractivity (Wildman–Crippen MR) is 65.5 cm³/mol. The Labute approximate surface area is 101 Å². The summed E-state index contributed by atoms with van der Waals surface area (Å²) in [5, 5.41) is 0. The smallest absolute Gasteiger partial charge is 0.243 e. The van der Waals surface area contributed by atoms with Crippen LogP contribution < -0.4 is 10.5 Å². The summed E-state index contributed by atoms with van der Waals surface area (Å²) in [4.78, 5) is -0.415. The highest BCUT2D eigenvalue weighted by Gasteiger charge is 2.21. The maximum Gasteiger partial charge on any atom is 0.243 e. The largest absolute Gasteiger partial charge is 0.399 e. The third-order valence-corrected chi connectivity index (χ3v) is 3.45. The lowest BCUT2D eigenvalue weighted by atomic mass is 9.98. The third kappa shape index (κ3) is 3.98. The van der Waals surface area contributed by atoms with Gasteiger partial charge in [-0.15, -0.1) is 0 Å². The van der Waals surface area contributed by atoms with Gasteiger partial charge in [0.15, 0.2) is 0 Å². The first-order valence-corrected chi connectivity index (χ1v) is 6.65. The fourth-order valence-electron chi connectivity index (χ4n) is 1.12. The molecular formula is C11H17FN2O2S. The number of anilines is 1. The van der Waals surface area contributed by atoms with Gasteiger partial charge in [0.2, 0.25) is 10.0 Å². The van der Waals surface area contributed by atoms with E-state index in [1.54, 1.807) is 0 Å². The standard InChI is InChI=1S/C11H17FN2O2S/c1-11(2,3)7-14-17(15,16)10-6-8(13)4-5-9(10)12/h4-6,14H,7,13H2,1-3H3. The van der Waals surface area contributed by atoms with Crippen LogP contribution in [0.4, 0.5) is 10.1 Å². The van der Waals surface area contributed by atoms with Crippen molar-refractivity contribution in [1.29, 1.82) is 0 Å². The Balaban J connectivity index is 3.02.